The van der Waals surface area contributed by atoms with E-state index in [1.165, 1.54) is 16.0 Å². The summed E-state index contributed by atoms with van der Waals surface area (Å²) < 4.78 is 6.31. The number of aliphatic carboxylic acids is 1. The predicted molar refractivity (Wildman–Crippen MR) is 137 cm³/mol. The highest BCUT2D eigenvalue weighted by Crippen LogP contribution is 2.38. The average molecular weight is 492 g/mol. The Labute approximate surface area is 211 Å². The molecule has 3 aromatic carbocycles. The van der Waals surface area contributed by atoms with Gasteiger partial charge in [0.05, 0.1) is 0 Å². The van der Waals surface area contributed by atoms with Crippen LogP contribution in [0.15, 0.2) is 66.7 Å². The molecule has 1 aliphatic heterocycles. The van der Waals surface area contributed by atoms with Crippen molar-refractivity contribution in [2.75, 3.05) is 6.54 Å². The van der Waals surface area contributed by atoms with Gasteiger partial charge in [0.25, 0.3) is 5.91 Å². The van der Waals surface area contributed by atoms with Crippen LogP contribution in [0.25, 0.3) is 0 Å². The highest BCUT2D eigenvalue weighted by Gasteiger charge is 2.35. The standard InChI is InChI=1S/C29H30ClNO4/c1-19(2)22-8-4-20(5-9-22)15-29(3)16-24-14-23(10-13-26(24)35-29)28(34)31(18-27(32)33)17-21-6-11-25(30)12-7-21/h4-14,19H,15-18H2,1-3H3,(H,32,33). The van der Waals surface area contributed by atoms with E-state index in [-0.39, 0.29) is 19.0 Å². The topological polar surface area (TPSA) is 66.8 Å². The molecular weight excluding hydrogens is 462 g/mol. The van der Waals surface area contributed by atoms with Crippen LogP contribution >= 0.6 is 11.6 Å². The molecule has 4 rings (SSSR count). The first kappa shape index (κ1) is 24.8. The molecule has 182 valence electrons. The Morgan fingerprint density at radius 3 is 2.31 bits per heavy atom. The molecule has 0 spiro atoms. The van der Waals surface area contributed by atoms with Crippen molar-refractivity contribution in [3.8, 4) is 5.75 Å². The molecule has 1 N–H and O–H groups in total. The fourth-order valence-corrected chi connectivity index (χ4v) is 4.69. The quantitative estimate of drug-likeness (QED) is 0.412. The number of fused-ring (bicyclic) bond motifs is 1. The van der Waals surface area contributed by atoms with Crippen LogP contribution in [0.5, 0.6) is 5.75 Å². The molecule has 0 bridgehead atoms. The molecule has 0 aliphatic carbocycles. The Morgan fingerprint density at radius 1 is 1.03 bits per heavy atom. The number of carboxylic acid groups (broad SMARTS) is 1. The number of nitrogens with zero attached hydrogens (tertiary/aromatic N) is 1. The molecule has 1 heterocycles. The highest BCUT2D eigenvalue weighted by atomic mass is 35.5. The van der Waals surface area contributed by atoms with E-state index in [9.17, 15) is 14.7 Å². The molecule has 1 aliphatic rings. The fraction of sp³-hybridized carbons (Fsp3) is 0.310. The molecule has 0 radical (unpaired) electrons. The fourth-order valence-electron chi connectivity index (χ4n) is 4.56. The van der Waals surface area contributed by atoms with Gasteiger partial charge in [0, 0.05) is 30.0 Å². The van der Waals surface area contributed by atoms with E-state index in [2.05, 4.69) is 45.0 Å². The molecule has 1 unspecified atom stereocenters. The van der Waals surface area contributed by atoms with E-state index in [0.29, 0.717) is 22.9 Å². The Balaban J connectivity index is 1.50. The van der Waals surface area contributed by atoms with Crippen molar-refractivity contribution in [1.29, 1.82) is 0 Å². The van der Waals surface area contributed by atoms with E-state index < -0.39 is 11.6 Å². The summed E-state index contributed by atoms with van der Waals surface area (Å²) in [6.45, 7) is 6.24. The maximum Gasteiger partial charge on any atom is 0.323 e. The number of benzene rings is 3. The van der Waals surface area contributed by atoms with Crippen molar-refractivity contribution >= 4 is 23.5 Å². The van der Waals surface area contributed by atoms with Crippen molar-refractivity contribution < 1.29 is 19.4 Å². The van der Waals surface area contributed by atoms with Crippen LogP contribution in [0.1, 0.15) is 59.3 Å². The lowest BCUT2D eigenvalue weighted by Gasteiger charge is -2.24. The van der Waals surface area contributed by atoms with E-state index in [1.54, 1.807) is 30.3 Å². The van der Waals surface area contributed by atoms with Crippen molar-refractivity contribution in [2.45, 2.75) is 51.7 Å². The number of hydrogen-bond acceptors (Lipinski definition) is 3. The minimum Gasteiger partial charge on any atom is -0.487 e. The number of carbonyl (C=O) groups is 2. The van der Waals surface area contributed by atoms with Crippen LogP contribution in [-0.4, -0.2) is 34.0 Å². The van der Waals surface area contributed by atoms with E-state index in [0.717, 1.165) is 23.3 Å². The Kier molecular flexibility index (Phi) is 7.18. The summed E-state index contributed by atoms with van der Waals surface area (Å²) in [6, 6.07) is 21.0. The molecular formula is C29H30ClNO4. The van der Waals surface area contributed by atoms with Gasteiger partial charge in [-0.25, -0.2) is 0 Å². The lowest BCUT2D eigenvalue weighted by Crippen LogP contribution is -2.35. The molecule has 35 heavy (non-hydrogen) atoms. The van der Waals surface area contributed by atoms with Gasteiger partial charge < -0.3 is 14.7 Å². The summed E-state index contributed by atoms with van der Waals surface area (Å²) in [7, 11) is 0. The summed E-state index contributed by atoms with van der Waals surface area (Å²) in [5.41, 5.74) is 4.32. The van der Waals surface area contributed by atoms with Gasteiger partial charge in [-0.2, -0.15) is 0 Å². The van der Waals surface area contributed by atoms with Gasteiger partial charge in [-0.1, -0.05) is 61.8 Å². The number of carboxylic acids is 1. The van der Waals surface area contributed by atoms with Crippen LogP contribution in [0, 0.1) is 0 Å². The third kappa shape index (κ3) is 6.04. The summed E-state index contributed by atoms with van der Waals surface area (Å²) in [6.07, 6.45) is 1.43. The second-order valence-corrected chi connectivity index (χ2v) is 10.2. The molecule has 0 saturated heterocycles. The highest BCUT2D eigenvalue weighted by molar-refractivity contribution is 6.30. The molecule has 1 amide bonds. The first-order valence-corrected chi connectivity index (χ1v) is 12.2. The van der Waals surface area contributed by atoms with Crippen molar-refractivity contribution in [3.63, 3.8) is 0 Å². The van der Waals surface area contributed by atoms with Gasteiger partial charge in [0.1, 0.15) is 17.9 Å². The average Bonchev–Trinajstić information content (AvgIpc) is 3.14. The zero-order valence-corrected chi connectivity index (χ0v) is 21.0. The zero-order valence-electron chi connectivity index (χ0n) is 20.3. The minimum atomic E-state index is -1.06. The number of hydrogen-bond donors (Lipinski definition) is 1. The van der Waals surface area contributed by atoms with Crippen molar-refractivity contribution in [2.24, 2.45) is 0 Å². The maximum absolute atomic E-state index is 13.3. The van der Waals surface area contributed by atoms with Gasteiger partial charge >= 0.3 is 5.97 Å². The largest absolute Gasteiger partial charge is 0.487 e. The summed E-state index contributed by atoms with van der Waals surface area (Å²) >= 11 is 5.95. The molecule has 6 heteroatoms. The van der Waals surface area contributed by atoms with Crippen LogP contribution < -0.4 is 4.74 Å². The molecule has 0 saturated carbocycles. The summed E-state index contributed by atoms with van der Waals surface area (Å²) in [5, 5.41) is 9.96. The molecule has 5 nitrogen and oxygen atoms in total. The SMILES string of the molecule is CC(C)c1ccc(CC2(C)Cc3cc(C(=O)N(CC(=O)O)Cc4ccc(Cl)cc4)ccc3O2)cc1. The summed E-state index contributed by atoms with van der Waals surface area (Å²) in [5.74, 6) is -0.135. The number of ether oxygens (including phenoxy) is 1. The van der Waals surface area contributed by atoms with Crippen LogP contribution in [-0.2, 0) is 24.2 Å². The van der Waals surface area contributed by atoms with E-state index in [4.69, 9.17) is 16.3 Å². The molecule has 0 aromatic heterocycles. The van der Waals surface area contributed by atoms with Gasteiger partial charge in [0.15, 0.2) is 0 Å². The molecule has 3 aromatic rings. The van der Waals surface area contributed by atoms with Crippen molar-refractivity contribution in [3.05, 3.63) is 99.6 Å². The van der Waals surface area contributed by atoms with Crippen LogP contribution in [0.3, 0.4) is 0 Å². The number of halogens is 1. The van der Waals surface area contributed by atoms with Gasteiger partial charge in [-0.15, -0.1) is 0 Å². The number of carbonyl (C=O) groups excluding carboxylic acids is 1. The number of rotatable bonds is 8. The molecule has 0 fully saturated rings. The van der Waals surface area contributed by atoms with E-state index >= 15 is 0 Å². The second-order valence-electron chi connectivity index (χ2n) is 9.81. The van der Waals surface area contributed by atoms with Crippen LogP contribution in [0.2, 0.25) is 5.02 Å². The Bertz CT molecular complexity index is 1220. The lowest BCUT2D eigenvalue weighted by atomic mass is 9.90. The van der Waals surface area contributed by atoms with E-state index in [1.807, 2.05) is 12.1 Å². The zero-order chi connectivity index (χ0) is 25.2. The number of amides is 1. The third-order valence-corrected chi connectivity index (χ3v) is 6.60. The third-order valence-electron chi connectivity index (χ3n) is 6.35. The van der Waals surface area contributed by atoms with Crippen LogP contribution in [0.4, 0.5) is 0 Å². The normalized spacial score (nSPS) is 16.6. The maximum atomic E-state index is 13.3. The first-order valence-electron chi connectivity index (χ1n) is 11.8. The van der Waals surface area contributed by atoms with Crippen molar-refractivity contribution in [1.82, 2.24) is 4.90 Å². The van der Waals surface area contributed by atoms with Gasteiger partial charge in [-0.3, -0.25) is 9.59 Å². The summed E-state index contributed by atoms with van der Waals surface area (Å²) in [4.78, 5) is 26.1. The lowest BCUT2D eigenvalue weighted by molar-refractivity contribution is -0.137. The predicted octanol–water partition coefficient (Wildman–Crippen LogP) is 6.13. The van der Waals surface area contributed by atoms with Gasteiger partial charge in [-0.05, 0) is 65.4 Å². The van der Waals surface area contributed by atoms with Gasteiger partial charge in [0.2, 0.25) is 0 Å². The Hall–Kier alpha value is -3.31. The smallest absolute Gasteiger partial charge is 0.323 e. The minimum absolute atomic E-state index is 0.181. The second kappa shape index (κ2) is 10.1. The first-order chi connectivity index (χ1) is 16.6. The molecule has 1 atom stereocenters. The monoisotopic (exact) mass is 491 g/mol. The Morgan fingerprint density at radius 2 is 1.69 bits per heavy atom.